The monoisotopic (exact) mass is 309 g/mol. The number of carboxylic acid groups (broad SMARTS) is 2. The van der Waals surface area contributed by atoms with Crippen LogP contribution in [0.25, 0.3) is 6.08 Å². The van der Waals surface area contributed by atoms with Gasteiger partial charge in [-0.1, -0.05) is 0 Å². The lowest BCUT2D eigenvalue weighted by atomic mass is 10.0. The Balaban J connectivity index is 0.000000346. The van der Waals surface area contributed by atoms with Crippen molar-refractivity contribution >= 4 is 23.9 Å². The lowest BCUT2D eigenvalue weighted by molar-refractivity contribution is -0.159. The molecule has 22 heavy (non-hydrogen) atoms. The first-order chi connectivity index (χ1) is 10.4. The molecule has 1 aliphatic rings. The molecular formula is C14H15NO7. The Morgan fingerprint density at radius 3 is 2.14 bits per heavy atom. The maximum Gasteiger partial charge on any atom is 0.414 e. The summed E-state index contributed by atoms with van der Waals surface area (Å²) in [5.74, 6) is -2.36. The van der Waals surface area contributed by atoms with Gasteiger partial charge in [0.1, 0.15) is 0 Å². The van der Waals surface area contributed by atoms with E-state index in [9.17, 15) is 4.79 Å². The zero-order valence-corrected chi connectivity index (χ0v) is 12.0. The van der Waals surface area contributed by atoms with E-state index in [1.54, 1.807) is 20.4 Å². The van der Waals surface area contributed by atoms with Crippen LogP contribution in [0.5, 0.6) is 11.5 Å². The number of rotatable bonds is 2. The van der Waals surface area contributed by atoms with Crippen molar-refractivity contribution in [1.82, 2.24) is 5.32 Å². The highest BCUT2D eigenvalue weighted by molar-refractivity contribution is 6.27. The SMILES string of the molecule is COc1cc2c(cc1OC)CC(=O)NC=C2.O=C(O)C(=O)O. The van der Waals surface area contributed by atoms with E-state index >= 15 is 0 Å². The number of hydrogen-bond donors (Lipinski definition) is 3. The van der Waals surface area contributed by atoms with Crippen molar-refractivity contribution in [3.05, 3.63) is 29.5 Å². The molecule has 118 valence electrons. The number of benzene rings is 1. The summed E-state index contributed by atoms with van der Waals surface area (Å²) >= 11 is 0. The molecule has 8 nitrogen and oxygen atoms in total. The fraction of sp³-hybridized carbons (Fsp3) is 0.214. The number of hydrogen-bond acceptors (Lipinski definition) is 5. The maximum atomic E-state index is 11.4. The number of carbonyl (C=O) groups is 3. The Kier molecular flexibility index (Phi) is 5.94. The molecule has 0 aliphatic carbocycles. The second-order valence-corrected chi connectivity index (χ2v) is 4.09. The van der Waals surface area contributed by atoms with Crippen molar-refractivity contribution in [3.8, 4) is 11.5 Å². The summed E-state index contributed by atoms with van der Waals surface area (Å²) in [5, 5.41) is 17.4. The number of ether oxygens (including phenoxy) is 2. The lowest BCUT2D eigenvalue weighted by Crippen LogP contribution is -2.17. The van der Waals surface area contributed by atoms with Gasteiger partial charge in [-0.3, -0.25) is 4.79 Å². The van der Waals surface area contributed by atoms with Crippen molar-refractivity contribution in [2.45, 2.75) is 6.42 Å². The first-order valence-electron chi connectivity index (χ1n) is 6.06. The molecule has 0 aromatic heterocycles. The number of fused-ring (bicyclic) bond motifs is 1. The molecule has 1 amide bonds. The second kappa shape index (κ2) is 7.67. The Morgan fingerprint density at radius 2 is 1.64 bits per heavy atom. The van der Waals surface area contributed by atoms with Crippen molar-refractivity contribution in [2.75, 3.05) is 14.2 Å². The van der Waals surface area contributed by atoms with Crippen molar-refractivity contribution in [1.29, 1.82) is 0 Å². The van der Waals surface area contributed by atoms with Crippen molar-refractivity contribution in [3.63, 3.8) is 0 Å². The fourth-order valence-electron chi connectivity index (χ4n) is 1.69. The summed E-state index contributed by atoms with van der Waals surface area (Å²) in [6.45, 7) is 0. The van der Waals surface area contributed by atoms with Crippen LogP contribution >= 0.6 is 0 Å². The van der Waals surface area contributed by atoms with E-state index < -0.39 is 11.9 Å². The van der Waals surface area contributed by atoms with Gasteiger partial charge in [-0.15, -0.1) is 0 Å². The minimum atomic E-state index is -1.82. The molecule has 0 unspecified atom stereocenters. The van der Waals surface area contributed by atoms with Crippen LogP contribution in [0.4, 0.5) is 0 Å². The molecule has 0 bridgehead atoms. The zero-order valence-electron chi connectivity index (χ0n) is 12.0. The molecule has 0 radical (unpaired) electrons. The summed E-state index contributed by atoms with van der Waals surface area (Å²) in [6, 6.07) is 3.70. The smallest absolute Gasteiger partial charge is 0.414 e. The maximum absolute atomic E-state index is 11.4. The first-order valence-corrected chi connectivity index (χ1v) is 6.06. The van der Waals surface area contributed by atoms with Gasteiger partial charge in [0.25, 0.3) is 0 Å². The summed E-state index contributed by atoms with van der Waals surface area (Å²) in [4.78, 5) is 29.6. The number of carboxylic acids is 2. The van der Waals surface area contributed by atoms with Gasteiger partial charge in [0.2, 0.25) is 5.91 Å². The molecular weight excluding hydrogens is 294 g/mol. The van der Waals surface area contributed by atoms with Gasteiger partial charge < -0.3 is 25.0 Å². The van der Waals surface area contributed by atoms with Crippen LogP contribution in [-0.2, 0) is 20.8 Å². The number of amides is 1. The highest BCUT2D eigenvalue weighted by Crippen LogP contribution is 2.31. The zero-order chi connectivity index (χ0) is 16.7. The number of nitrogens with one attached hydrogen (secondary N) is 1. The molecule has 1 aromatic rings. The third kappa shape index (κ3) is 4.51. The molecule has 0 saturated heterocycles. The average Bonchev–Trinajstić information content (AvgIpc) is 2.66. The molecule has 0 saturated carbocycles. The average molecular weight is 309 g/mol. The molecule has 2 rings (SSSR count). The van der Waals surface area contributed by atoms with Gasteiger partial charge in [-0.25, -0.2) is 9.59 Å². The Labute approximate surface area is 126 Å². The van der Waals surface area contributed by atoms with Crippen LogP contribution in [0.3, 0.4) is 0 Å². The molecule has 0 spiro atoms. The van der Waals surface area contributed by atoms with Crippen LogP contribution < -0.4 is 14.8 Å². The summed E-state index contributed by atoms with van der Waals surface area (Å²) < 4.78 is 10.4. The van der Waals surface area contributed by atoms with Crippen molar-refractivity contribution < 1.29 is 34.1 Å². The highest BCUT2D eigenvalue weighted by Gasteiger charge is 2.14. The van der Waals surface area contributed by atoms with Gasteiger partial charge in [-0.05, 0) is 29.3 Å². The standard InChI is InChI=1S/C12H13NO3.C2H2O4/c1-15-10-5-8-3-4-13-12(14)7-9(8)6-11(10)16-2;3-1(4)2(5)6/h3-6H,7H2,1-2H3,(H,13,14);(H,3,4)(H,5,6). The third-order valence-electron chi connectivity index (χ3n) is 2.69. The van der Waals surface area contributed by atoms with Gasteiger partial charge in [0.05, 0.1) is 20.6 Å². The van der Waals surface area contributed by atoms with E-state index in [2.05, 4.69) is 5.32 Å². The normalized spacial score (nSPS) is 12.0. The van der Waals surface area contributed by atoms with E-state index in [0.29, 0.717) is 17.9 Å². The van der Waals surface area contributed by atoms with Gasteiger partial charge >= 0.3 is 11.9 Å². The first kappa shape index (κ1) is 17.0. The molecule has 8 heteroatoms. The van der Waals surface area contributed by atoms with Crippen molar-refractivity contribution in [2.24, 2.45) is 0 Å². The van der Waals surface area contributed by atoms with Gasteiger partial charge in [0.15, 0.2) is 11.5 Å². The van der Waals surface area contributed by atoms with Crippen LogP contribution in [0.15, 0.2) is 18.3 Å². The molecule has 1 aliphatic heterocycles. The van der Waals surface area contributed by atoms with Gasteiger partial charge in [0, 0.05) is 6.20 Å². The Bertz CT molecular complexity index is 610. The third-order valence-corrected chi connectivity index (χ3v) is 2.69. The van der Waals surface area contributed by atoms with E-state index in [-0.39, 0.29) is 5.91 Å². The van der Waals surface area contributed by atoms with E-state index in [1.807, 2.05) is 18.2 Å². The summed E-state index contributed by atoms with van der Waals surface area (Å²) in [6.07, 6.45) is 3.84. The topological polar surface area (TPSA) is 122 Å². The summed E-state index contributed by atoms with van der Waals surface area (Å²) in [5.41, 5.74) is 1.90. The quantitative estimate of drug-likeness (QED) is 0.680. The Hall–Kier alpha value is -3.03. The van der Waals surface area contributed by atoms with E-state index in [0.717, 1.165) is 11.1 Å². The van der Waals surface area contributed by atoms with Crippen LogP contribution in [0.2, 0.25) is 0 Å². The van der Waals surface area contributed by atoms with E-state index in [4.69, 9.17) is 29.3 Å². The molecule has 0 fully saturated rings. The largest absolute Gasteiger partial charge is 0.493 e. The number of aliphatic carboxylic acids is 2. The molecule has 0 atom stereocenters. The minimum Gasteiger partial charge on any atom is -0.493 e. The lowest BCUT2D eigenvalue weighted by Gasteiger charge is -2.11. The van der Waals surface area contributed by atoms with Gasteiger partial charge in [-0.2, -0.15) is 0 Å². The predicted molar refractivity (Wildman–Crippen MR) is 75.7 cm³/mol. The fourth-order valence-corrected chi connectivity index (χ4v) is 1.69. The second-order valence-electron chi connectivity index (χ2n) is 4.09. The predicted octanol–water partition coefficient (Wildman–Crippen LogP) is 0.502. The number of methoxy groups -OCH3 is 2. The molecule has 1 aromatic carbocycles. The molecule has 1 heterocycles. The molecule has 3 N–H and O–H groups in total. The van der Waals surface area contributed by atoms with Crippen LogP contribution in [0.1, 0.15) is 11.1 Å². The summed E-state index contributed by atoms with van der Waals surface area (Å²) in [7, 11) is 3.17. The van der Waals surface area contributed by atoms with Crippen LogP contribution in [-0.4, -0.2) is 42.3 Å². The van der Waals surface area contributed by atoms with E-state index in [1.165, 1.54) is 0 Å². The Morgan fingerprint density at radius 1 is 1.09 bits per heavy atom. The highest BCUT2D eigenvalue weighted by atomic mass is 16.5. The van der Waals surface area contributed by atoms with Crippen LogP contribution in [0, 0.1) is 0 Å². The number of carbonyl (C=O) groups excluding carboxylic acids is 1. The minimum absolute atomic E-state index is 0.0257.